The highest BCUT2D eigenvalue weighted by atomic mass is 16.5. The molecule has 1 heterocycles. The molecule has 0 amide bonds. The predicted octanol–water partition coefficient (Wildman–Crippen LogP) is 1.96. The quantitative estimate of drug-likeness (QED) is 0.858. The second kappa shape index (κ2) is 5.14. The second-order valence-corrected chi connectivity index (χ2v) is 4.34. The van der Waals surface area contributed by atoms with Crippen molar-refractivity contribution in [2.75, 3.05) is 6.61 Å². The van der Waals surface area contributed by atoms with E-state index in [1.54, 1.807) is 6.92 Å². The summed E-state index contributed by atoms with van der Waals surface area (Å²) < 4.78 is 6.20. The number of aromatic amines is 1. The molecule has 0 aliphatic rings. The van der Waals surface area contributed by atoms with Gasteiger partial charge in [0.05, 0.1) is 12.3 Å². The third-order valence-electron chi connectivity index (χ3n) is 2.87. The lowest BCUT2D eigenvalue weighted by Crippen LogP contribution is -2.22. The van der Waals surface area contributed by atoms with Crippen LogP contribution in [0.4, 0.5) is 0 Å². The van der Waals surface area contributed by atoms with E-state index in [0.29, 0.717) is 0 Å². The number of aryl methyl sites for hydroxylation is 2. The molecule has 2 rings (SSSR count). The Kier molecular flexibility index (Phi) is 3.55. The number of nitrogens with one attached hydrogen (secondary N) is 1. The first-order valence-electron chi connectivity index (χ1n) is 6.09. The molecule has 19 heavy (non-hydrogen) atoms. The Balaban J connectivity index is 2.51. The zero-order valence-electron chi connectivity index (χ0n) is 11.2. The summed E-state index contributed by atoms with van der Waals surface area (Å²) in [6.07, 6.45) is 1.38. The van der Waals surface area contributed by atoms with Crippen molar-refractivity contribution >= 4 is 5.97 Å². The highest BCUT2D eigenvalue weighted by Gasteiger charge is 2.16. The number of esters is 1. The van der Waals surface area contributed by atoms with Gasteiger partial charge in [-0.2, -0.15) is 0 Å². The maximum Gasteiger partial charge on any atom is 0.345 e. The number of carbonyl (C=O) groups excluding carboxylic acids is 1. The maximum atomic E-state index is 12.2. The van der Waals surface area contributed by atoms with E-state index in [0.717, 1.165) is 16.8 Å². The average molecular weight is 260 g/mol. The van der Waals surface area contributed by atoms with Gasteiger partial charge in [0, 0.05) is 6.20 Å². The van der Waals surface area contributed by atoms with Crippen LogP contribution in [0.1, 0.15) is 28.4 Å². The fourth-order valence-electron chi connectivity index (χ4n) is 1.86. The molecular formula is C14H16N2O3. The molecule has 0 aliphatic heterocycles. The molecule has 0 unspecified atom stereocenters. The third-order valence-corrected chi connectivity index (χ3v) is 2.87. The van der Waals surface area contributed by atoms with Crippen LogP contribution in [0, 0.1) is 13.8 Å². The highest BCUT2D eigenvalue weighted by Crippen LogP contribution is 2.13. The SMILES string of the molecule is CCOC(=O)c1c[nH]n(-c2cc(C)ccc2C)c1=O. The van der Waals surface area contributed by atoms with Gasteiger partial charge in [-0.25, -0.2) is 9.48 Å². The number of ether oxygens (including phenoxy) is 1. The normalized spacial score (nSPS) is 10.5. The van der Waals surface area contributed by atoms with Crippen LogP contribution < -0.4 is 5.56 Å². The molecule has 0 atom stereocenters. The van der Waals surface area contributed by atoms with Crippen molar-refractivity contribution in [1.29, 1.82) is 0 Å². The Bertz CT molecular complexity index is 668. The van der Waals surface area contributed by atoms with Gasteiger partial charge in [-0.05, 0) is 38.0 Å². The number of benzene rings is 1. The van der Waals surface area contributed by atoms with Crippen molar-refractivity contribution in [2.45, 2.75) is 20.8 Å². The van der Waals surface area contributed by atoms with E-state index in [4.69, 9.17) is 4.74 Å². The monoisotopic (exact) mass is 260 g/mol. The van der Waals surface area contributed by atoms with Crippen LogP contribution in [-0.4, -0.2) is 22.4 Å². The van der Waals surface area contributed by atoms with Crippen molar-refractivity contribution in [2.24, 2.45) is 0 Å². The van der Waals surface area contributed by atoms with Crippen molar-refractivity contribution < 1.29 is 9.53 Å². The summed E-state index contributed by atoms with van der Waals surface area (Å²) in [7, 11) is 0. The van der Waals surface area contributed by atoms with Gasteiger partial charge in [0.15, 0.2) is 0 Å². The van der Waals surface area contributed by atoms with Gasteiger partial charge < -0.3 is 4.74 Å². The molecule has 100 valence electrons. The summed E-state index contributed by atoms with van der Waals surface area (Å²) in [5.41, 5.74) is 2.35. The Hall–Kier alpha value is -2.30. The molecular weight excluding hydrogens is 244 g/mol. The number of nitrogens with zero attached hydrogens (tertiary/aromatic N) is 1. The number of hydrogen-bond donors (Lipinski definition) is 1. The Morgan fingerprint density at radius 1 is 1.37 bits per heavy atom. The highest BCUT2D eigenvalue weighted by molar-refractivity contribution is 5.88. The molecule has 0 aliphatic carbocycles. The van der Waals surface area contributed by atoms with E-state index in [1.165, 1.54) is 10.9 Å². The largest absolute Gasteiger partial charge is 0.462 e. The number of carbonyl (C=O) groups is 1. The molecule has 1 aromatic heterocycles. The van der Waals surface area contributed by atoms with Crippen LogP contribution in [0.5, 0.6) is 0 Å². The minimum Gasteiger partial charge on any atom is -0.462 e. The summed E-state index contributed by atoms with van der Waals surface area (Å²) in [6, 6.07) is 5.79. The standard InChI is InChI=1S/C14H16N2O3/c1-4-19-14(18)11-8-15-16(13(11)17)12-7-9(2)5-6-10(12)3/h5-8,15H,4H2,1-3H3. The minimum absolute atomic E-state index is 0.0164. The van der Waals surface area contributed by atoms with E-state index in [-0.39, 0.29) is 12.2 Å². The summed E-state index contributed by atoms with van der Waals surface area (Å²) in [4.78, 5) is 23.8. The topological polar surface area (TPSA) is 64.1 Å². The Morgan fingerprint density at radius 2 is 2.11 bits per heavy atom. The zero-order valence-corrected chi connectivity index (χ0v) is 11.2. The van der Waals surface area contributed by atoms with Crippen LogP contribution in [0.3, 0.4) is 0 Å². The number of aromatic nitrogens is 2. The molecule has 5 nitrogen and oxygen atoms in total. The average Bonchev–Trinajstić information content (AvgIpc) is 2.74. The van der Waals surface area contributed by atoms with E-state index in [2.05, 4.69) is 5.10 Å². The lowest BCUT2D eigenvalue weighted by atomic mass is 10.1. The molecule has 1 N–H and O–H groups in total. The predicted molar refractivity (Wildman–Crippen MR) is 71.8 cm³/mol. The Labute approximate surface area is 110 Å². The van der Waals surface area contributed by atoms with Gasteiger partial charge in [-0.3, -0.25) is 9.89 Å². The summed E-state index contributed by atoms with van der Waals surface area (Å²) in [5.74, 6) is -0.604. The van der Waals surface area contributed by atoms with Crippen molar-refractivity contribution in [1.82, 2.24) is 9.78 Å². The van der Waals surface area contributed by atoms with Gasteiger partial charge in [-0.15, -0.1) is 0 Å². The van der Waals surface area contributed by atoms with Crippen LogP contribution >= 0.6 is 0 Å². The first-order valence-corrected chi connectivity index (χ1v) is 6.09. The molecule has 0 bridgehead atoms. The first kappa shape index (κ1) is 13.1. The van der Waals surface area contributed by atoms with E-state index >= 15 is 0 Å². The van der Waals surface area contributed by atoms with Gasteiger partial charge in [0.1, 0.15) is 5.56 Å². The molecule has 0 fully saturated rings. The van der Waals surface area contributed by atoms with Crippen molar-refractivity contribution in [3.63, 3.8) is 0 Å². The third kappa shape index (κ3) is 2.45. The lowest BCUT2D eigenvalue weighted by molar-refractivity contribution is 0.0525. The molecule has 0 radical (unpaired) electrons. The molecule has 5 heteroatoms. The number of hydrogen-bond acceptors (Lipinski definition) is 3. The first-order chi connectivity index (χ1) is 9.04. The fraction of sp³-hybridized carbons (Fsp3) is 0.286. The Morgan fingerprint density at radius 3 is 2.79 bits per heavy atom. The van der Waals surface area contributed by atoms with Crippen molar-refractivity contribution in [3.8, 4) is 5.69 Å². The lowest BCUT2D eigenvalue weighted by Gasteiger charge is -2.06. The van der Waals surface area contributed by atoms with Crippen LogP contribution in [0.15, 0.2) is 29.2 Å². The fourth-order valence-corrected chi connectivity index (χ4v) is 1.86. The number of H-pyrrole nitrogens is 1. The second-order valence-electron chi connectivity index (χ2n) is 4.34. The summed E-state index contributed by atoms with van der Waals surface area (Å²) in [5, 5.41) is 2.80. The summed E-state index contributed by atoms with van der Waals surface area (Å²) in [6.45, 7) is 5.80. The van der Waals surface area contributed by atoms with Crippen LogP contribution in [-0.2, 0) is 4.74 Å². The molecule has 0 spiro atoms. The molecule has 0 saturated heterocycles. The smallest absolute Gasteiger partial charge is 0.345 e. The number of rotatable bonds is 3. The van der Waals surface area contributed by atoms with Crippen LogP contribution in [0.2, 0.25) is 0 Å². The van der Waals surface area contributed by atoms with E-state index < -0.39 is 11.5 Å². The van der Waals surface area contributed by atoms with Gasteiger partial charge in [-0.1, -0.05) is 12.1 Å². The van der Waals surface area contributed by atoms with Gasteiger partial charge in [0.25, 0.3) is 5.56 Å². The van der Waals surface area contributed by atoms with Crippen LogP contribution in [0.25, 0.3) is 5.69 Å². The van der Waals surface area contributed by atoms with E-state index in [9.17, 15) is 9.59 Å². The van der Waals surface area contributed by atoms with E-state index in [1.807, 2.05) is 32.0 Å². The molecule has 0 saturated carbocycles. The summed E-state index contributed by atoms with van der Waals surface area (Å²) >= 11 is 0. The maximum absolute atomic E-state index is 12.2. The molecule has 2 aromatic rings. The molecule has 1 aromatic carbocycles. The van der Waals surface area contributed by atoms with Crippen molar-refractivity contribution in [3.05, 3.63) is 51.4 Å². The van der Waals surface area contributed by atoms with Gasteiger partial charge >= 0.3 is 5.97 Å². The zero-order chi connectivity index (χ0) is 14.0. The van der Waals surface area contributed by atoms with Gasteiger partial charge in [0.2, 0.25) is 0 Å². The minimum atomic E-state index is -0.604.